The minimum atomic E-state index is -0.183. The van der Waals surface area contributed by atoms with Gasteiger partial charge in [0.05, 0.1) is 0 Å². The zero-order chi connectivity index (χ0) is 15.2. The van der Waals surface area contributed by atoms with Gasteiger partial charge in [-0.3, -0.25) is 0 Å². The van der Waals surface area contributed by atoms with Crippen LogP contribution in [0.4, 0.5) is 10.5 Å². The first-order chi connectivity index (χ1) is 9.32. The van der Waals surface area contributed by atoms with Gasteiger partial charge in [-0.2, -0.15) is 0 Å². The molecule has 0 bridgehead atoms. The number of hydrogen-bond acceptors (Lipinski definition) is 3. The minimum absolute atomic E-state index is 0.0320. The molecule has 0 radical (unpaired) electrons. The summed E-state index contributed by atoms with van der Waals surface area (Å²) in [5.74, 6) is 0. The van der Waals surface area contributed by atoms with Gasteiger partial charge in [-0.25, -0.2) is 4.79 Å². The van der Waals surface area contributed by atoms with Crippen LogP contribution in [0.5, 0.6) is 0 Å². The molecule has 1 aromatic rings. The number of amides is 2. The molecular formula is C15H26N4O. The largest absolute Gasteiger partial charge is 0.337 e. The standard InChI is InChI=1S/C15H26N4O/c1-15(2,11-19(3)4)10-17-14(20)18-13-7-5-12(9-16)6-8-13/h5-8H,9-11,16H2,1-4H3,(H2,17,18,20). The van der Waals surface area contributed by atoms with Crippen LogP contribution in [0, 0.1) is 5.41 Å². The van der Waals surface area contributed by atoms with E-state index in [0.29, 0.717) is 13.1 Å². The van der Waals surface area contributed by atoms with E-state index in [2.05, 4.69) is 29.4 Å². The zero-order valence-corrected chi connectivity index (χ0v) is 12.9. The van der Waals surface area contributed by atoms with Gasteiger partial charge in [-0.1, -0.05) is 26.0 Å². The summed E-state index contributed by atoms with van der Waals surface area (Å²) in [6.07, 6.45) is 0. The molecule has 0 aliphatic carbocycles. The van der Waals surface area contributed by atoms with Crippen LogP contribution in [0.3, 0.4) is 0 Å². The molecule has 0 aliphatic heterocycles. The summed E-state index contributed by atoms with van der Waals surface area (Å²) in [4.78, 5) is 14.0. The molecule has 1 aromatic carbocycles. The van der Waals surface area contributed by atoms with Crippen LogP contribution in [0.1, 0.15) is 19.4 Å². The molecule has 5 heteroatoms. The summed E-state index contributed by atoms with van der Waals surface area (Å²) >= 11 is 0. The quantitative estimate of drug-likeness (QED) is 0.744. The van der Waals surface area contributed by atoms with Crippen LogP contribution in [0.15, 0.2) is 24.3 Å². The van der Waals surface area contributed by atoms with Crippen LogP contribution in [-0.2, 0) is 6.54 Å². The Kier molecular flexibility index (Phi) is 5.98. The van der Waals surface area contributed by atoms with Crippen molar-refractivity contribution in [1.82, 2.24) is 10.2 Å². The summed E-state index contributed by atoms with van der Waals surface area (Å²) in [5, 5.41) is 5.72. The molecule has 0 saturated carbocycles. The fraction of sp³-hybridized carbons (Fsp3) is 0.533. The third-order valence-corrected chi connectivity index (χ3v) is 2.92. The first kappa shape index (κ1) is 16.5. The molecule has 0 atom stereocenters. The van der Waals surface area contributed by atoms with E-state index >= 15 is 0 Å². The summed E-state index contributed by atoms with van der Waals surface area (Å²) in [6.45, 7) is 6.30. The van der Waals surface area contributed by atoms with Crippen molar-refractivity contribution in [2.75, 3.05) is 32.5 Å². The van der Waals surface area contributed by atoms with Gasteiger partial charge in [0.25, 0.3) is 0 Å². The molecule has 20 heavy (non-hydrogen) atoms. The van der Waals surface area contributed by atoms with Crippen molar-refractivity contribution in [3.63, 3.8) is 0 Å². The molecule has 0 fully saturated rings. The number of nitrogens with one attached hydrogen (secondary N) is 2. The summed E-state index contributed by atoms with van der Waals surface area (Å²) in [6, 6.07) is 7.34. The fourth-order valence-electron chi connectivity index (χ4n) is 2.13. The van der Waals surface area contributed by atoms with Crippen LogP contribution < -0.4 is 16.4 Å². The van der Waals surface area contributed by atoms with E-state index in [1.807, 2.05) is 38.4 Å². The van der Waals surface area contributed by atoms with Crippen LogP contribution in [0.25, 0.3) is 0 Å². The maximum absolute atomic E-state index is 11.8. The first-order valence-electron chi connectivity index (χ1n) is 6.81. The monoisotopic (exact) mass is 278 g/mol. The highest BCUT2D eigenvalue weighted by Crippen LogP contribution is 2.14. The van der Waals surface area contributed by atoms with Crippen molar-refractivity contribution in [1.29, 1.82) is 0 Å². The Morgan fingerprint density at radius 1 is 1.25 bits per heavy atom. The van der Waals surface area contributed by atoms with Crippen LogP contribution in [-0.4, -0.2) is 38.1 Å². The van der Waals surface area contributed by atoms with E-state index in [-0.39, 0.29) is 11.4 Å². The maximum Gasteiger partial charge on any atom is 0.319 e. The average Bonchev–Trinajstić information content (AvgIpc) is 2.36. The predicted octanol–water partition coefficient (Wildman–Crippen LogP) is 1.85. The van der Waals surface area contributed by atoms with Gasteiger partial charge in [0.1, 0.15) is 0 Å². The van der Waals surface area contributed by atoms with Gasteiger partial charge in [0.2, 0.25) is 0 Å². The molecule has 0 aromatic heterocycles. The molecule has 2 amide bonds. The number of urea groups is 1. The molecule has 1 rings (SSSR count). The number of carbonyl (C=O) groups is 1. The Morgan fingerprint density at radius 2 is 1.85 bits per heavy atom. The summed E-state index contributed by atoms with van der Waals surface area (Å²) in [5.41, 5.74) is 7.38. The third kappa shape index (κ3) is 6.04. The Hall–Kier alpha value is -1.59. The van der Waals surface area contributed by atoms with Gasteiger partial charge in [0, 0.05) is 25.3 Å². The van der Waals surface area contributed by atoms with Gasteiger partial charge >= 0.3 is 6.03 Å². The van der Waals surface area contributed by atoms with Gasteiger partial charge in [-0.15, -0.1) is 0 Å². The van der Waals surface area contributed by atoms with E-state index in [1.54, 1.807) is 0 Å². The molecule has 5 nitrogen and oxygen atoms in total. The minimum Gasteiger partial charge on any atom is -0.337 e. The molecule has 4 N–H and O–H groups in total. The van der Waals surface area contributed by atoms with E-state index in [0.717, 1.165) is 17.8 Å². The Bertz CT molecular complexity index is 426. The molecule has 0 unspecified atom stereocenters. The summed E-state index contributed by atoms with van der Waals surface area (Å²) < 4.78 is 0. The average molecular weight is 278 g/mol. The topological polar surface area (TPSA) is 70.4 Å². The maximum atomic E-state index is 11.8. The second-order valence-electron chi connectivity index (χ2n) is 6.11. The molecule has 0 saturated heterocycles. The van der Waals surface area contributed by atoms with Crippen molar-refractivity contribution >= 4 is 11.7 Å². The second-order valence-corrected chi connectivity index (χ2v) is 6.11. The number of benzene rings is 1. The number of carbonyl (C=O) groups excluding carboxylic acids is 1. The number of hydrogen-bond donors (Lipinski definition) is 3. The van der Waals surface area contributed by atoms with Crippen molar-refractivity contribution < 1.29 is 4.79 Å². The van der Waals surface area contributed by atoms with Crippen molar-refractivity contribution in [3.05, 3.63) is 29.8 Å². The van der Waals surface area contributed by atoms with Gasteiger partial charge < -0.3 is 21.3 Å². The first-order valence-corrected chi connectivity index (χ1v) is 6.81. The van der Waals surface area contributed by atoms with E-state index in [1.165, 1.54) is 0 Å². The Morgan fingerprint density at radius 3 is 2.35 bits per heavy atom. The fourth-order valence-corrected chi connectivity index (χ4v) is 2.13. The molecule has 112 valence electrons. The van der Waals surface area contributed by atoms with Crippen LogP contribution in [0.2, 0.25) is 0 Å². The van der Waals surface area contributed by atoms with Crippen LogP contribution >= 0.6 is 0 Å². The highest BCUT2D eigenvalue weighted by molar-refractivity contribution is 5.89. The molecular weight excluding hydrogens is 252 g/mol. The number of nitrogens with zero attached hydrogens (tertiary/aromatic N) is 1. The van der Waals surface area contributed by atoms with Crippen molar-refractivity contribution in [2.24, 2.45) is 11.1 Å². The predicted molar refractivity (Wildman–Crippen MR) is 83.7 cm³/mol. The van der Waals surface area contributed by atoms with E-state index in [4.69, 9.17) is 5.73 Å². The number of anilines is 1. The zero-order valence-electron chi connectivity index (χ0n) is 12.9. The third-order valence-electron chi connectivity index (χ3n) is 2.92. The lowest BCUT2D eigenvalue weighted by atomic mass is 9.93. The highest BCUT2D eigenvalue weighted by atomic mass is 16.2. The van der Waals surface area contributed by atoms with Crippen molar-refractivity contribution in [2.45, 2.75) is 20.4 Å². The van der Waals surface area contributed by atoms with E-state index in [9.17, 15) is 4.79 Å². The summed E-state index contributed by atoms with van der Waals surface area (Å²) in [7, 11) is 4.06. The Balaban J connectivity index is 2.43. The lowest BCUT2D eigenvalue weighted by Gasteiger charge is -2.28. The molecule has 0 aliphatic rings. The smallest absolute Gasteiger partial charge is 0.319 e. The number of nitrogens with two attached hydrogens (primary N) is 1. The second kappa shape index (κ2) is 7.26. The van der Waals surface area contributed by atoms with Gasteiger partial charge in [-0.05, 0) is 37.2 Å². The van der Waals surface area contributed by atoms with E-state index < -0.39 is 0 Å². The lowest BCUT2D eigenvalue weighted by Crippen LogP contribution is -2.41. The normalized spacial score (nSPS) is 11.5. The Labute approximate surface area is 121 Å². The number of rotatable bonds is 6. The van der Waals surface area contributed by atoms with Crippen molar-refractivity contribution in [3.8, 4) is 0 Å². The SMILES string of the molecule is CN(C)CC(C)(C)CNC(=O)Nc1ccc(CN)cc1. The lowest BCUT2D eigenvalue weighted by molar-refractivity contribution is 0.222. The van der Waals surface area contributed by atoms with Gasteiger partial charge in [0.15, 0.2) is 0 Å². The molecule has 0 spiro atoms. The molecule has 0 heterocycles. The highest BCUT2D eigenvalue weighted by Gasteiger charge is 2.19.